The first-order valence-corrected chi connectivity index (χ1v) is 8.29. The number of benzene rings is 2. The van der Waals surface area contributed by atoms with Gasteiger partial charge in [-0.1, -0.05) is 46.7 Å². The summed E-state index contributed by atoms with van der Waals surface area (Å²) in [7, 11) is 0. The van der Waals surface area contributed by atoms with Crippen LogP contribution in [-0.2, 0) is 0 Å². The third-order valence-corrected chi connectivity index (χ3v) is 4.52. The van der Waals surface area contributed by atoms with E-state index >= 15 is 0 Å². The van der Waals surface area contributed by atoms with Crippen molar-refractivity contribution in [2.75, 3.05) is 5.32 Å². The molecule has 0 aliphatic rings. The average molecular weight is 375 g/mol. The Morgan fingerprint density at radius 2 is 2.04 bits per heavy atom. The number of nitro groups is 1. The standard InChI is InChI=1S/C16H11ClN4O3S/c1-9-3-2-4-11(7-9)15-19-20-16(25-15)18-14(22)10-5-6-12(17)13(8-10)21(23)24/h2-8H,1H3,(H,18,20,22). The number of aromatic nitrogens is 2. The molecule has 1 heterocycles. The van der Waals surface area contributed by atoms with Gasteiger partial charge in [0.2, 0.25) is 5.13 Å². The molecule has 0 atom stereocenters. The molecule has 0 unspecified atom stereocenters. The smallest absolute Gasteiger partial charge is 0.288 e. The van der Waals surface area contributed by atoms with Crippen LogP contribution in [0, 0.1) is 17.0 Å². The monoisotopic (exact) mass is 374 g/mol. The van der Waals surface area contributed by atoms with Gasteiger partial charge in [0.05, 0.1) is 4.92 Å². The van der Waals surface area contributed by atoms with Gasteiger partial charge in [-0.3, -0.25) is 20.2 Å². The van der Waals surface area contributed by atoms with Crippen LogP contribution < -0.4 is 5.32 Å². The maximum Gasteiger partial charge on any atom is 0.288 e. The van der Waals surface area contributed by atoms with Crippen LogP contribution in [0.1, 0.15) is 15.9 Å². The second-order valence-corrected chi connectivity index (χ2v) is 6.54. The fourth-order valence-corrected chi connectivity index (χ4v) is 3.05. The van der Waals surface area contributed by atoms with Crippen LogP contribution >= 0.6 is 22.9 Å². The van der Waals surface area contributed by atoms with E-state index in [0.717, 1.165) is 17.2 Å². The number of amides is 1. The highest BCUT2D eigenvalue weighted by molar-refractivity contribution is 7.18. The Labute approximate surface area is 151 Å². The SMILES string of the molecule is Cc1cccc(-c2nnc(NC(=O)c3ccc(Cl)c([N+](=O)[O-])c3)s2)c1. The summed E-state index contributed by atoms with van der Waals surface area (Å²) in [5.74, 6) is -0.522. The van der Waals surface area contributed by atoms with Crippen molar-refractivity contribution < 1.29 is 9.72 Å². The number of hydrogen-bond acceptors (Lipinski definition) is 6. The van der Waals surface area contributed by atoms with Crippen LogP contribution in [0.3, 0.4) is 0 Å². The summed E-state index contributed by atoms with van der Waals surface area (Å²) in [6.45, 7) is 1.97. The zero-order chi connectivity index (χ0) is 18.0. The molecule has 2 aromatic carbocycles. The lowest BCUT2D eigenvalue weighted by atomic mass is 10.1. The Bertz CT molecular complexity index is 974. The van der Waals surface area contributed by atoms with E-state index < -0.39 is 10.8 Å². The highest BCUT2D eigenvalue weighted by Crippen LogP contribution is 2.28. The van der Waals surface area contributed by atoms with Crippen LogP contribution in [0.5, 0.6) is 0 Å². The summed E-state index contributed by atoms with van der Waals surface area (Å²) in [6, 6.07) is 11.6. The van der Waals surface area contributed by atoms with Gasteiger partial charge in [-0.25, -0.2) is 0 Å². The van der Waals surface area contributed by atoms with E-state index in [2.05, 4.69) is 15.5 Å². The molecule has 7 nitrogen and oxygen atoms in total. The van der Waals surface area contributed by atoms with Crippen molar-refractivity contribution >= 4 is 39.7 Å². The molecule has 1 N–H and O–H groups in total. The van der Waals surface area contributed by atoms with E-state index in [0.29, 0.717) is 10.1 Å². The molecular formula is C16H11ClN4O3S. The number of carbonyl (C=O) groups is 1. The number of nitrogens with one attached hydrogen (secondary N) is 1. The fraction of sp³-hybridized carbons (Fsp3) is 0.0625. The number of rotatable bonds is 4. The van der Waals surface area contributed by atoms with Crippen molar-refractivity contribution in [3.05, 3.63) is 68.7 Å². The van der Waals surface area contributed by atoms with Gasteiger partial charge in [0.25, 0.3) is 11.6 Å². The summed E-state index contributed by atoms with van der Waals surface area (Å²) in [6.07, 6.45) is 0. The van der Waals surface area contributed by atoms with Crippen LogP contribution in [0.4, 0.5) is 10.8 Å². The number of nitrogens with zero attached hydrogens (tertiary/aromatic N) is 3. The number of carbonyl (C=O) groups excluding carboxylic acids is 1. The largest absolute Gasteiger partial charge is 0.296 e. The Hall–Kier alpha value is -2.84. The highest BCUT2D eigenvalue weighted by Gasteiger charge is 2.17. The molecule has 3 aromatic rings. The Balaban J connectivity index is 1.80. The zero-order valence-electron chi connectivity index (χ0n) is 12.9. The minimum Gasteiger partial charge on any atom is -0.296 e. The molecule has 0 saturated heterocycles. The first-order chi connectivity index (χ1) is 11.9. The molecule has 0 saturated carbocycles. The predicted octanol–water partition coefficient (Wildman–Crippen LogP) is 4.33. The number of aryl methyl sites for hydroxylation is 1. The average Bonchev–Trinajstić information content (AvgIpc) is 3.03. The van der Waals surface area contributed by atoms with Crippen LogP contribution in [-0.4, -0.2) is 21.0 Å². The van der Waals surface area contributed by atoms with Crippen molar-refractivity contribution in [1.29, 1.82) is 0 Å². The van der Waals surface area contributed by atoms with E-state index in [1.165, 1.54) is 23.5 Å². The van der Waals surface area contributed by atoms with Gasteiger partial charge in [0.1, 0.15) is 10.0 Å². The molecule has 25 heavy (non-hydrogen) atoms. The summed E-state index contributed by atoms with van der Waals surface area (Å²) < 4.78 is 0. The number of nitro benzene ring substituents is 1. The maximum absolute atomic E-state index is 12.3. The van der Waals surface area contributed by atoms with E-state index in [1.54, 1.807) is 0 Å². The fourth-order valence-electron chi connectivity index (χ4n) is 2.13. The Kier molecular flexibility index (Phi) is 4.73. The van der Waals surface area contributed by atoms with Gasteiger partial charge in [-0.2, -0.15) is 0 Å². The second-order valence-electron chi connectivity index (χ2n) is 5.16. The molecule has 126 valence electrons. The minimum atomic E-state index is -0.639. The lowest BCUT2D eigenvalue weighted by molar-refractivity contribution is -0.384. The quantitative estimate of drug-likeness (QED) is 0.541. The predicted molar refractivity (Wildman–Crippen MR) is 96.1 cm³/mol. The van der Waals surface area contributed by atoms with Crippen LogP contribution in [0.25, 0.3) is 10.6 Å². The number of hydrogen-bond donors (Lipinski definition) is 1. The Morgan fingerprint density at radius 3 is 2.76 bits per heavy atom. The third-order valence-electron chi connectivity index (χ3n) is 3.32. The molecule has 0 spiro atoms. The molecular weight excluding hydrogens is 364 g/mol. The number of anilines is 1. The van der Waals surface area contributed by atoms with Crippen molar-refractivity contribution in [1.82, 2.24) is 10.2 Å². The van der Waals surface area contributed by atoms with Gasteiger partial charge in [0, 0.05) is 17.2 Å². The topological polar surface area (TPSA) is 98.0 Å². The second kappa shape index (κ2) is 6.96. The molecule has 0 radical (unpaired) electrons. The molecule has 9 heteroatoms. The molecule has 0 aliphatic carbocycles. The van der Waals surface area contributed by atoms with Crippen molar-refractivity contribution in [2.24, 2.45) is 0 Å². The number of halogens is 1. The van der Waals surface area contributed by atoms with Gasteiger partial charge in [-0.15, -0.1) is 10.2 Å². The first-order valence-electron chi connectivity index (χ1n) is 7.10. The summed E-state index contributed by atoms with van der Waals surface area (Å²) in [4.78, 5) is 22.5. The van der Waals surface area contributed by atoms with Crippen molar-refractivity contribution in [3.63, 3.8) is 0 Å². The van der Waals surface area contributed by atoms with E-state index in [9.17, 15) is 14.9 Å². The van der Waals surface area contributed by atoms with Gasteiger partial charge in [-0.05, 0) is 25.1 Å². The molecule has 0 fully saturated rings. The van der Waals surface area contributed by atoms with Crippen molar-refractivity contribution in [2.45, 2.75) is 6.92 Å². The minimum absolute atomic E-state index is 0.0285. The molecule has 3 rings (SSSR count). The first kappa shape index (κ1) is 17.0. The summed E-state index contributed by atoms with van der Waals surface area (Å²) in [5.41, 5.74) is 1.78. The lowest BCUT2D eigenvalue weighted by Crippen LogP contribution is -2.12. The summed E-state index contributed by atoms with van der Waals surface area (Å²) >= 11 is 6.96. The van der Waals surface area contributed by atoms with E-state index in [1.807, 2.05) is 31.2 Å². The van der Waals surface area contributed by atoms with Crippen molar-refractivity contribution in [3.8, 4) is 10.6 Å². The molecule has 0 aliphatic heterocycles. The van der Waals surface area contributed by atoms with Gasteiger partial charge in [0.15, 0.2) is 0 Å². The van der Waals surface area contributed by atoms with Crippen LogP contribution in [0.15, 0.2) is 42.5 Å². The lowest BCUT2D eigenvalue weighted by Gasteiger charge is -2.02. The highest BCUT2D eigenvalue weighted by atomic mass is 35.5. The maximum atomic E-state index is 12.3. The summed E-state index contributed by atoms with van der Waals surface area (Å²) in [5, 5.41) is 22.4. The van der Waals surface area contributed by atoms with E-state index in [4.69, 9.17) is 11.6 Å². The third kappa shape index (κ3) is 3.81. The van der Waals surface area contributed by atoms with E-state index in [-0.39, 0.29) is 16.3 Å². The molecule has 1 aromatic heterocycles. The van der Waals surface area contributed by atoms with Crippen LogP contribution in [0.2, 0.25) is 5.02 Å². The van der Waals surface area contributed by atoms with Gasteiger partial charge < -0.3 is 0 Å². The van der Waals surface area contributed by atoms with Gasteiger partial charge >= 0.3 is 0 Å². The Morgan fingerprint density at radius 1 is 1.24 bits per heavy atom. The zero-order valence-corrected chi connectivity index (χ0v) is 14.5. The normalized spacial score (nSPS) is 10.5. The molecule has 1 amide bonds. The molecule has 0 bridgehead atoms.